The minimum Gasteiger partial charge on any atom is -0.480 e. The van der Waals surface area contributed by atoms with E-state index in [1.54, 1.807) is 6.92 Å². The van der Waals surface area contributed by atoms with Crippen LogP contribution in [-0.4, -0.2) is 87.8 Å². The van der Waals surface area contributed by atoms with Gasteiger partial charge in [0.25, 0.3) is 0 Å². The number of aliphatic hydroxyl groups is 2. The topological polar surface area (TPSA) is 182 Å². The van der Waals surface area contributed by atoms with Crippen molar-refractivity contribution in [2.75, 3.05) is 19.8 Å². The number of carboxylic acid groups (broad SMARTS) is 1. The van der Waals surface area contributed by atoms with E-state index in [1.807, 2.05) is 6.92 Å². The molecule has 0 saturated carbocycles. The minimum atomic E-state index is -1.46. The van der Waals surface area contributed by atoms with Gasteiger partial charge in [0, 0.05) is 6.54 Å². The normalized spacial score (nSPS) is 20.8. The van der Waals surface area contributed by atoms with E-state index >= 15 is 0 Å². The van der Waals surface area contributed by atoms with Gasteiger partial charge in [-0.2, -0.15) is 0 Å². The first-order chi connectivity index (χ1) is 13.2. The molecule has 0 bridgehead atoms. The van der Waals surface area contributed by atoms with E-state index in [0.717, 1.165) is 0 Å². The Morgan fingerprint density at radius 3 is 2.32 bits per heavy atom. The summed E-state index contributed by atoms with van der Waals surface area (Å²) in [6, 6.07) is -4.46. The maximum Gasteiger partial charge on any atom is 0.328 e. The van der Waals surface area contributed by atoms with Gasteiger partial charge in [0.2, 0.25) is 17.7 Å². The molecule has 1 fully saturated rings. The molecule has 7 N–H and O–H groups in total. The van der Waals surface area contributed by atoms with Crippen molar-refractivity contribution in [1.29, 1.82) is 0 Å². The third-order valence-corrected chi connectivity index (χ3v) is 4.95. The average Bonchev–Trinajstić information content (AvgIpc) is 3.17. The van der Waals surface area contributed by atoms with E-state index in [-0.39, 0.29) is 12.5 Å². The van der Waals surface area contributed by atoms with Crippen molar-refractivity contribution in [1.82, 2.24) is 15.5 Å². The van der Waals surface area contributed by atoms with Gasteiger partial charge in [-0.05, 0) is 18.8 Å². The molecule has 5 unspecified atom stereocenters. The van der Waals surface area contributed by atoms with Crippen LogP contribution < -0.4 is 16.4 Å². The molecule has 0 radical (unpaired) electrons. The second-order valence-corrected chi connectivity index (χ2v) is 6.93. The number of carboxylic acids is 1. The van der Waals surface area contributed by atoms with Crippen LogP contribution in [0.4, 0.5) is 0 Å². The summed E-state index contributed by atoms with van der Waals surface area (Å²) in [5.74, 6) is -3.45. The van der Waals surface area contributed by atoms with Gasteiger partial charge in [0.15, 0.2) is 0 Å². The van der Waals surface area contributed by atoms with Gasteiger partial charge in [-0.25, -0.2) is 4.79 Å². The van der Waals surface area contributed by atoms with Crippen molar-refractivity contribution >= 4 is 23.7 Å². The van der Waals surface area contributed by atoms with Gasteiger partial charge in [-0.15, -0.1) is 0 Å². The summed E-state index contributed by atoms with van der Waals surface area (Å²) in [5.41, 5.74) is 5.50. The Bertz CT molecular complexity index is 586. The predicted molar refractivity (Wildman–Crippen MR) is 97.8 cm³/mol. The largest absolute Gasteiger partial charge is 0.480 e. The fraction of sp³-hybridized carbons (Fsp3) is 0.765. The summed E-state index contributed by atoms with van der Waals surface area (Å²) in [6.07, 6.45) is 1.45. The number of nitrogens with zero attached hydrogens (tertiary/aromatic N) is 1. The van der Waals surface area contributed by atoms with E-state index in [0.29, 0.717) is 19.3 Å². The van der Waals surface area contributed by atoms with Crippen LogP contribution in [0.25, 0.3) is 0 Å². The van der Waals surface area contributed by atoms with Crippen LogP contribution in [0.2, 0.25) is 0 Å². The summed E-state index contributed by atoms with van der Waals surface area (Å²) in [7, 11) is 0. The lowest BCUT2D eigenvalue weighted by Crippen LogP contribution is -2.59. The van der Waals surface area contributed by atoms with Crippen LogP contribution in [0.1, 0.15) is 33.1 Å². The smallest absolute Gasteiger partial charge is 0.328 e. The lowest BCUT2D eigenvalue weighted by molar-refractivity contribution is -0.146. The van der Waals surface area contributed by atoms with Gasteiger partial charge in [-0.3, -0.25) is 14.4 Å². The Labute approximate surface area is 163 Å². The van der Waals surface area contributed by atoms with E-state index in [2.05, 4.69) is 10.6 Å². The fourth-order valence-electron chi connectivity index (χ4n) is 2.96. The molecule has 1 aliphatic heterocycles. The molecule has 0 aromatic carbocycles. The highest BCUT2D eigenvalue weighted by atomic mass is 16.4. The standard InChI is InChI=1S/C17H30N4O7/c1-3-9(2)13(20-14(24)10(18)7-22)16(26)21-6-4-5-12(21)15(25)19-11(8-23)17(27)28/h9-13,22-23H,3-8,18H2,1-2H3,(H,19,25)(H,20,24)(H,27,28). The number of rotatable bonds is 10. The third kappa shape index (κ3) is 5.88. The third-order valence-electron chi connectivity index (χ3n) is 4.95. The number of likely N-dealkylation sites (tertiary alicyclic amines) is 1. The van der Waals surface area contributed by atoms with Crippen LogP contribution in [0, 0.1) is 5.92 Å². The number of carbonyl (C=O) groups excluding carboxylic acids is 3. The molecule has 28 heavy (non-hydrogen) atoms. The molecular formula is C17H30N4O7. The van der Waals surface area contributed by atoms with Crippen molar-refractivity contribution in [2.45, 2.75) is 57.3 Å². The summed E-state index contributed by atoms with van der Waals surface area (Å²) in [4.78, 5) is 49.9. The number of aliphatic carboxylic acids is 1. The molecule has 0 spiro atoms. The van der Waals surface area contributed by atoms with Crippen molar-refractivity contribution < 1.29 is 34.5 Å². The first-order valence-corrected chi connectivity index (χ1v) is 9.29. The molecule has 11 nitrogen and oxygen atoms in total. The maximum absolute atomic E-state index is 13.1. The van der Waals surface area contributed by atoms with E-state index in [1.165, 1.54) is 4.90 Å². The summed E-state index contributed by atoms with van der Waals surface area (Å²) in [5, 5.41) is 31.8. The lowest BCUT2D eigenvalue weighted by atomic mass is 9.97. The number of carbonyl (C=O) groups is 4. The molecule has 0 aromatic heterocycles. The first kappa shape index (κ1) is 23.8. The van der Waals surface area contributed by atoms with Crippen molar-refractivity contribution in [3.63, 3.8) is 0 Å². The quantitative estimate of drug-likeness (QED) is 0.230. The van der Waals surface area contributed by atoms with E-state index in [9.17, 15) is 19.2 Å². The Morgan fingerprint density at radius 2 is 1.82 bits per heavy atom. The highest BCUT2D eigenvalue weighted by Crippen LogP contribution is 2.21. The second-order valence-electron chi connectivity index (χ2n) is 6.93. The number of nitrogens with two attached hydrogens (primary N) is 1. The zero-order valence-corrected chi connectivity index (χ0v) is 16.1. The average molecular weight is 402 g/mol. The van der Waals surface area contributed by atoms with E-state index in [4.69, 9.17) is 21.1 Å². The first-order valence-electron chi connectivity index (χ1n) is 9.29. The summed E-state index contributed by atoms with van der Waals surface area (Å²) in [6.45, 7) is 2.55. The van der Waals surface area contributed by atoms with E-state index < -0.39 is 61.1 Å². The minimum absolute atomic E-state index is 0.254. The monoisotopic (exact) mass is 402 g/mol. The lowest BCUT2D eigenvalue weighted by Gasteiger charge is -2.32. The number of amides is 3. The van der Waals surface area contributed by atoms with Gasteiger partial charge in [0.05, 0.1) is 13.2 Å². The second kappa shape index (κ2) is 10.9. The molecule has 160 valence electrons. The molecule has 1 aliphatic rings. The SMILES string of the molecule is CCC(C)C(NC(=O)C(N)CO)C(=O)N1CCCC1C(=O)NC(CO)C(=O)O. The molecule has 1 saturated heterocycles. The van der Waals surface area contributed by atoms with Gasteiger partial charge >= 0.3 is 5.97 Å². The zero-order valence-electron chi connectivity index (χ0n) is 16.1. The number of aliphatic hydroxyl groups excluding tert-OH is 2. The molecule has 0 aliphatic carbocycles. The molecular weight excluding hydrogens is 372 g/mol. The predicted octanol–water partition coefficient (Wildman–Crippen LogP) is -2.61. The molecule has 1 heterocycles. The Hall–Kier alpha value is -2.24. The summed E-state index contributed by atoms with van der Waals surface area (Å²) >= 11 is 0. The van der Waals surface area contributed by atoms with Crippen molar-refractivity contribution in [2.24, 2.45) is 11.7 Å². The zero-order chi connectivity index (χ0) is 21.4. The van der Waals surface area contributed by atoms with Crippen LogP contribution in [0.3, 0.4) is 0 Å². The van der Waals surface area contributed by atoms with Gasteiger partial charge < -0.3 is 36.6 Å². The number of hydrogen-bond acceptors (Lipinski definition) is 7. The van der Waals surface area contributed by atoms with Crippen LogP contribution in [-0.2, 0) is 19.2 Å². The molecule has 5 atom stereocenters. The highest BCUT2D eigenvalue weighted by molar-refractivity contribution is 5.94. The summed E-state index contributed by atoms with van der Waals surface area (Å²) < 4.78 is 0. The van der Waals surface area contributed by atoms with Crippen molar-refractivity contribution in [3.05, 3.63) is 0 Å². The van der Waals surface area contributed by atoms with Gasteiger partial charge in [0.1, 0.15) is 24.2 Å². The highest BCUT2D eigenvalue weighted by Gasteiger charge is 2.40. The molecule has 1 rings (SSSR count). The van der Waals surface area contributed by atoms with Gasteiger partial charge in [-0.1, -0.05) is 20.3 Å². The maximum atomic E-state index is 13.1. The van der Waals surface area contributed by atoms with Crippen LogP contribution in [0.5, 0.6) is 0 Å². The molecule has 11 heteroatoms. The number of nitrogens with one attached hydrogen (secondary N) is 2. The van der Waals surface area contributed by atoms with Crippen LogP contribution in [0.15, 0.2) is 0 Å². The Morgan fingerprint density at radius 1 is 1.18 bits per heavy atom. The Kier molecular flexibility index (Phi) is 9.29. The number of hydrogen-bond donors (Lipinski definition) is 6. The fourth-order valence-corrected chi connectivity index (χ4v) is 2.96. The molecule has 0 aromatic rings. The Balaban J connectivity index is 2.95. The van der Waals surface area contributed by atoms with Crippen molar-refractivity contribution in [3.8, 4) is 0 Å². The molecule has 3 amide bonds. The van der Waals surface area contributed by atoms with Crippen LogP contribution >= 0.6 is 0 Å².